The van der Waals surface area contributed by atoms with Gasteiger partial charge < -0.3 is 5.73 Å². The molecule has 0 aliphatic heterocycles. The molecule has 0 spiro atoms. The molecule has 1 aromatic carbocycles. The first-order valence-corrected chi connectivity index (χ1v) is 3.69. The summed E-state index contributed by atoms with van der Waals surface area (Å²) in [6.07, 6.45) is 0. The van der Waals surface area contributed by atoms with Gasteiger partial charge in [0, 0.05) is 6.04 Å². The largest absolute Gasteiger partial charge is 0.324 e. The molecular formula is C8H10Cl2FN. The number of hydrogen-bond acceptors (Lipinski definition) is 1. The molecule has 1 aromatic rings. The molecule has 0 aromatic heterocycles. The van der Waals surface area contributed by atoms with Gasteiger partial charge in [0.15, 0.2) is 0 Å². The maximum atomic E-state index is 12.8. The summed E-state index contributed by atoms with van der Waals surface area (Å²) < 4.78 is 12.8. The summed E-state index contributed by atoms with van der Waals surface area (Å²) in [6, 6.07) is 4.43. The summed E-state index contributed by atoms with van der Waals surface area (Å²) >= 11 is 5.47. The number of nitrogens with two attached hydrogens (primary N) is 1. The summed E-state index contributed by atoms with van der Waals surface area (Å²) in [7, 11) is 0. The van der Waals surface area contributed by atoms with Crippen molar-refractivity contribution >= 4 is 24.0 Å². The highest BCUT2D eigenvalue weighted by Gasteiger charge is 2.03. The molecule has 0 aliphatic rings. The Bertz CT molecular complexity index is 263. The highest BCUT2D eigenvalue weighted by atomic mass is 35.5. The first-order chi connectivity index (χ1) is 5.11. The van der Waals surface area contributed by atoms with Crippen LogP contribution in [-0.4, -0.2) is 0 Å². The highest BCUT2D eigenvalue weighted by Crippen LogP contribution is 2.18. The minimum atomic E-state index is -0.415. The molecule has 0 saturated heterocycles. The minimum absolute atomic E-state index is 0. The molecule has 1 unspecified atom stereocenters. The van der Waals surface area contributed by atoms with Gasteiger partial charge in [0.05, 0.1) is 5.02 Å². The third-order valence-corrected chi connectivity index (χ3v) is 1.78. The standard InChI is InChI=1S/C8H9ClFN.ClH/c1-5(11)6-2-3-7(9)8(10)4-6;/h2-5H,11H2,1H3;1H. The van der Waals surface area contributed by atoms with Crippen LogP contribution < -0.4 is 5.73 Å². The first-order valence-electron chi connectivity index (χ1n) is 3.32. The molecule has 0 amide bonds. The Balaban J connectivity index is 0.00000121. The van der Waals surface area contributed by atoms with E-state index in [4.69, 9.17) is 17.3 Å². The quantitative estimate of drug-likeness (QED) is 0.757. The zero-order chi connectivity index (χ0) is 8.43. The van der Waals surface area contributed by atoms with E-state index in [1.165, 1.54) is 12.1 Å². The Morgan fingerprint density at radius 2 is 2.08 bits per heavy atom. The third kappa shape index (κ3) is 2.63. The minimum Gasteiger partial charge on any atom is -0.324 e. The van der Waals surface area contributed by atoms with Crippen LogP contribution in [0.4, 0.5) is 4.39 Å². The van der Waals surface area contributed by atoms with Crippen molar-refractivity contribution in [2.75, 3.05) is 0 Å². The van der Waals surface area contributed by atoms with Crippen molar-refractivity contribution in [3.05, 3.63) is 34.6 Å². The molecule has 0 bridgehead atoms. The predicted octanol–water partition coefficient (Wildman–Crippen LogP) is 2.92. The van der Waals surface area contributed by atoms with Gasteiger partial charge in [-0.3, -0.25) is 0 Å². The topological polar surface area (TPSA) is 26.0 Å². The molecule has 1 atom stereocenters. The normalized spacial score (nSPS) is 12.0. The maximum absolute atomic E-state index is 12.8. The Hall–Kier alpha value is -0.310. The Labute approximate surface area is 82.1 Å². The smallest absolute Gasteiger partial charge is 0.142 e. The molecule has 2 N–H and O–H groups in total. The lowest BCUT2D eigenvalue weighted by Crippen LogP contribution is -2.04. The average Bonchev–Trinajstić information content (AvgIpc) is 1.94. The van der Waals surface area contributed by atoms with Crippen LogP contribution in [0, 0.1) is 5.82 Å². The van der Waals surface area contributed by atoms with Gasteiger partial charge in [-0.2, -0.15) is 0 Å². The zero-order valence-electron chi connectivity index (χ0n) is 6.55. The lowest BCUT2D eigenvalue weighted by Gasteiger charge is -2.04. The number of rotatable bonds is 1. The van der Waals surface area contributed by atoms with Crippen LogP contribution in [0.2, 0.25) is 5.02 Å². The second-order valence-corrected chi connectivity index (χ2v) is 2.87. The van der Waals surface area contributed by atoms with E-state index >= 15 is 0 Å². The van der Waals surface area contributed by atoms with Crippen molar-refractivity contribution in [3.8, 4) is 0 Å². The van der Waals surface area contributed by atoms with Crippen molar-refractivity contribution in [3.63, 3.8) is 0 Å². The highest BCUT2D eigenvalue weighted by molar-refractivity contribution is 6.30. The monoisotopic (exact) mass is 209 g/mol. The van der Waals surface area contributed by atoms with E-state index in [1.54, 1.807) is 13.0 Å². The van der Waals surface area contributed by atoms with Crippen molar-refractivity contribution < 1.29 is 4.39 Å². The summed E-state index contributed by atoms with van der Waals surface area (Å²) in [5.74, 6) is -0.415. The van der Waals surface area contributed by atoms with Crippen molar-refractivity contribution in [1.29, 1.82) is 0 Å². The third-order valence-electron chi connectivity index (χ3n) is 1.47. The van der Waals surface area contributed by atoms with E-state index in [9.17, 15) is 4.39 Å². The van der Waals surface area contributed by atoms with Gasteiger partial charge in [0.25, 0.3) is 0 Å². The fourth-order valence-corrected chi connectivity index (χ4v) is 0.913. The Morgan fingerprint density at radius 3 is 2.50 bits per heavy atom. The van der Waals surface area contributed by atoms with Gasteiger partial charge in [0.2, 0.25) is 0 Å². The molecule has 0 heterocycles. The number of hydrogen-bond donors (Lipinski definition) is 1. The van der Waals surface area contributed by atoms with E-state index in [0.717, 1.165) is 5.56 Å². The zero-order valence-corrected chi connectivity index (χ0v) is 8.12. The summed E-state index contributed by atoms with van der Waals surface area (Å²) in [5, 5.41) is 0.134. The van der Waals surface area contributed by atoms with Gasteiger partial charge in [-0.25, -0.2) is 4.39 Å². The van der Waals surface area contributed by atoms with E-state index in [1.807, 2.05) is 0 Å². The van der Waals surface area contributed by atoms with Crippen molar-refractivity contribution in [1.82, 2.24) is 0 Å². The molecule has 1 rings (SSSR count). The lowest BCUT2D eigenvalue weighted by molar-refractivity contribution is 0.623. The molecule has 0 aliphatic carbocycles. The van der Waals surface area contributed by atoms with Crippen LogP contribution >= 0.6 is 24.0 Å². The molecule has 0 saturated carbocycles. The van der Waals surface area contributed by atoms with Crippen LogP contribution in [-0.2, 0) is 0 Å². The van der Waals surface area contributed by atoms with Crippen LogP contribution in [0.5, 0.6) is 0 Å². The van der Waals surface area contributed by atoms with Crippen molar-refractivity contribution in [2.45, 2.75) is 13.0 Å². The van der Waals surface area contributed by atoms with Crippen molar-refractivity contribution in [2.24, 2.45) is 5.73 Å². The molecule has 4 heteroatoms. The molecule has 12 heavy (non-hydrogen) atoms. The van der Waals surface area contributed by atoms with Crippen LogP contribution in [0.25, 0.3) is 0 Å². The second kappa shape index (κ2) is 4.65. The fourth-order valence-electron chi connectivity index (χ4n) is 0.796. The molecular weight excluding hydrogens is 200 g/mol. The van der Waals surface area contributed by atoms with Gasteiger partial charge in [-0.15, -0.1) is 12.4 Å². The molecule has 0 radical (unpaired) electrons. The second-order valence-electron chi connectivity index (χ2n) is 2.46. The molecule has 1 nitrogen and oxygen atoms in total. The van der Waals surface area contributed by atoms with Gasteiger partial charge >= 0.3 is 0 Å². The van der Waals surface area contributed by atoms with Gasteiger partial charge in [0.1, 0.15) is 5.82 Å². The van der Waals surface area contributed by atoms with E-state index < -0.39 is 5.82 Å². The first kappa shape index (κ1) is 11.7. The summed E-state index contributed by atoms with van der Waals surface area (Å²) in [6.45, 7) is 1.79. The summed E-state index contributed by atoms with van der Waals surface area (Å²) in [5.41, 5.74) is 6.28. The number of benzene rings is 1. The van der Waals surface area contributed by atoms with E-state index in [0.29, 0.717) is 0 Å². The molecule has 68 valence electrons. The SMILES string of the molecule is CC(N)c1ccc(Cl)c(F)c1.Cl. The summed E-state index contributed by atoms with van der Waals surface area (Å²) in [4.78, 5) is 0. The Morgan fingerprint density at radius 1 is 1.50 bits per heavy atom. The fraction of sp³-hybridized carbons (Fsp3) is 0.250. The van der Waals surface area contributed by atoms with Crippen LogP contribution in [0.15, 0.2) is 18.2 Å². The predicted molar refractivity (Wildman–Crippen MR) is 51.3 cm³/mol. The Kier molecular flexibility index (Phi) is 4.53. The van der Waals surface area contributed by atoms with Gasteiger partial charge in [-0.05, 0) is 24.6 Å². The maximum Gasteiger partial charge on any atom is 0.142 e. The van der Waals surface area contributed by atoms with Crippen LogP contribution in [0.1, 0.15) is 18.5 Å². The van der Waals surface area contributed by atoms with E-state index in [2.05, 4.69) is 0 Å². The lowest BCUT2D eigenvalue weighted by atomic mass is 10.1. The van der Waals surface area contributed by atoms with E-state index in [-0.39, 0.29) is 23.5 Å². The average molecular weight is 210 g/mol. The number of halogens is 3. The van der Waals surface area contributed by atoms with Gasteiger partial charge in [-0.1, -0.05) is 17.7 Å². The molecule has 0 fully saturated rings. The van der Waals surface area contributed by atoms with Crippen LogP contribution in [0.3, 0.4) is 0 Å².